The van der Waals surface area contributed by atoms with Gasteiger partial charge in [0.15, 0.2) is 0 Å². The first-order chi connectivity index (χ1) is 9.36. The number of hydrogen-bond acceptors (Lipinski definition) is 4. The van der Waals surface area contributed by atoms with Crippen molar-refractivity contribution in [3.63, 3.8) is 0 Å². The van der Waals surface area contributed by atoms with Crippen molar-refractivity contribution in [3.05, 3.63) is 40.8 Å². The highest BCUT2D eigenvalue weighted by Gasteiger charge is 2.23. The second kappa shape index (κ2) is 5.46. The van der Waals surface area contributed by atoms with Crippen molar-refractivity contribution in [3.8, 4) is 0 Å². The number of anilines is 2. The van der Waals surface area contributed by atoms with Crippen LogP contribution in [0.15, 0.2) is 34.5 Å². The van der Waals surface area contributed by atoms with Crippen molar-refractivity contribution in [1.82, 2.24) is 0 Å². The molecule has 2 aromatic rings. The van der Waals surface area contributed by atoms with Crippen LogP contribution in [0.2, 0.25) is 0 Å². The lowest BCUT2D eigenvalue weighted by Gasteiger charge is -2.19. The van der Waals surface area contributed by atoms with Crippen molar-refractivity contribution in [2.45, 2.75) is 24.5 Å². The zero-order valence-corrected chi connectivity index (χ0v) is 13.4. The molecule has 0 fully saturated rings. The van der Waals surface area contributed by atoms with Gasteiger partial charge in [-0.05, 0) is 43.2 Å². The van der Waals surface area contributed by atoms with Crippen LogP contribution in [-0.4, -0.2) is 15.5 Å². The number of nitrogens with zero attached hydrogens (tertiary/aromatic N) is 1. The Morgan fingerprint density at radius 3 is 2.50 bits per heavy atom. The van der Waals surface area contributed by atoms with E-state index in [2.05, 4.69) is 0 Å². The third-order valence-corrected chi connectivity index (χ3v) is 6.71. The topological polar surface area (TPSA) is 63.4 Å². The molecule has 0 aliphatic heterocycles. The molecule has 0 unspecified atom stereocenters. The fourth-order valence-electron chi connectivity index (χ4n) is 1.78. The van der Waals surface area contributed by atoms with Crippen molar-refractivity contribution in [2.24, 2.45) is 0 Å². The molecule has 0 radical (unpaired) electrons. The lowest BCUT2D eigenvalue weighted by molar-refractivity contribution is 0.596. The summed E-state index contributed by atoms with van der Waals surface area (Å²) in [4.78, 5) is 1.06. The third kappa shape index (κ3) is 2.66. The van der Waals surface area contributed by atoms with E-state index in [0.717, 1.165) is 16.9 Å². The van der Waals surface area contributed by atoms with E-state index in [0.29, 0.717) is 15.6 Å². The maximum absolute atomic E-state index is 12.6. The van der Waals surface area contributed by atoms with E-state index in [4.69, 9.17) is 5.73 Å². The molecule has 0 spiro atoms. The van der Waals surface area contributed by atoms with Crippen molar-refractivity contribution >= 4 is 32.7 Å². The number of benzene rings is 1. The SMILES string of the molecule is CCc1ccc(S(=O)(=O)N(C)c2ccc(C)c(N)c2)s1. The van der Waals surface area contributed by atoms with Gasteiger partial charge in [-0.15, -0.1) is 11.3 Å². The smallest absolute Gasteiger partial charge is 0.273 e. The lowest BCUT2D eigenvalue weighted by Crippen LogP contribution is -2.25. The van der Waals surface area contributed by atoms with E-state index in [1.807, 2.05) is 26.0 Å². The Morgan fingerprint density at radius 1 is 1.25 bits per heavy atom. The minimum Gasteiger partial charge on any atom is -0.398 e. The van der Waals surface area contributed by atoms with Crippen LogP contribution in [0.25, 0.3) is 0 Å². The summed E-state index contributed by atoms with van der Waals surface area (Å²) in [6, 6.07) is 8.78. The lowest BCUT2D eigenvalue weighted by atomic mass is 10.2. The summed E-state index contributed by atoms with van der Waals surface area (Å²) < 4.78 is 26.7. The largest absolute Gasteiger partial charge is 0.398 e. The first-order valence-electron chi connectivity index (χ1n) is 6.30. The average Bonchev–Trinajstić information content (AvgIpc) is 2.90. The highest BCUT2D eigenvalue weighted by Crippen LogP contribution is 2.29. The summed E-state index contributed by atoms with van der Waals surface area (Å²) >= 11 is 1.31. The summed E-state index contributed by atoms with van der Waals surface area (Å²) in [5, 5.41) is 0. The van der Waals surface area contributed by atoms with Gasteiger partial charge >= 0.3 is 0 Å². The Morgan fingerprint density at radius 2 is 1.95 bits per heavy atom. The molecule has 1 aromatic heterocycles. The predicted molar refractivity (Wildman–Crippen MR) is 84.9 cm³/mol. The fourth-order valence-corrected chi connectivity index (χ4v) is 4.44. The maximum atomic E-state index is 12.6. The predicted octanol–water partition coefficient (Wildman–Crippen LogP) is 3.03. The molecular weight excluding hydrogens is 292 g/mol. The Labute approximate surface area is 123 Å². The van der Waals surface area contributed by atoms with E-state index in [-0.39, 0.29) is 0 Å². The number of hydrogen-bond donors (Lipinski definition) is 1. The average molecular weight is 310 g/mol. The normalized spacial score (nSPS) is 11.6. The summed E-state index contributed by atoms with van der Waals surface area (Å²) in [6.45, 7) is 3.90. The highest BCUT2D eigenvalue weighted by molar-refractivity contribution is 7.94. The van der Waals surface area contributed by atoms with Gasteiger partial charge in [0.05, 0.1) is 5.69 Å². The molecule has 2 N–H and O–H groups in total. The number of nitrogen functional groups attached to an aromatic ring is 1. The van der Waals surface area contributed by atoms with E-state index >= 15 is 0 Å². The number of thiophene rings is 1. The zero-order valence-electron chi connectivity index (χ0n) is 11.8. The van der Waals surface area contributed by atoms with Gasteiger partial charge in [-0.2, -0.15) is 0 Å². The number of sulfonamides is 1. The second-order valence-corrected chi connectivity index (χ2v) is 7.95. The van der Waals surface area contributed by atoms with Crippen LogP contribution in [0, 0.1) is 6.92 Å². The number of nitrogens with two attached hydrogens (primary N) is 1. The molecule has 0 bridgehead atoms. The summed E-state index contributed by atoms with van der Waals surface area (Å²) in [7, 11) is -1.97. The van der Waals surface area contributed by atoms with Gasteiger partial charge in [0, 0.05) is 17.6 Å². The molecule has 20 heavy (non-hydrogen) atoms. The van der Waals surface area contributed by atoms with Crippen LogP contribution in [-0.2, 0) is 16.4 Å². The molecule has 6 heteroatoms. The molecule has 1 heterocycles. The van der Waals surface area contributed by atoms with Gasteiger partial charge in [-0.25, -0.2) is 8.42 Å². The van der Waals surface area contributed by atoms with Crippen LogP contribution in [0.1, 0.15) is 17.4 Å². The molecule has 0 aliphatic carbocycles. The molecule has 108 valence electrons. The van der Waals surface area contributed by atoms with Crippen LogP contribution in [0.5, 0.6) is 0 Å². The molecule has 0 atom stereocenters. The molecule has 4 nitrogen and oxygen atoms in total. The Kier molecular flexibility index (Phi) is 4.06. The molecular formula is C14H18N2O2S2. The van der Waals surface area contributed by atoms with Gasteiger partial charge in [0.25, 0.3) is 10.0 Å². The van der Waals surface area contributed by atoms with Gasteiger partial charge in [0.1, 0.15) is 4.21 Å². The highest BCUT2D eigenvalue weighted by atomic mass is 32.2. The molecule has 1 aromatic carbocycles. The maximum Gasteiger partial charge on any atom is 0.273 e. The summed E-state index contributed by atoms with van der Waals surface area (Å²) in [6.07, 6.45) is 0.835. The Hall–Kier alpha value is -1.53. The number of aryl methyl sites for hydroxylation is 2. The van der Waals surface area contributed by atoms with Crippen LogP contribution in [0.3, 0.4) is 0 Å². The molecule has 0 amide bonds. The van der Waals surface area contributed by atoms with Gasteiger partial charge in [-0.1, -0.05) is 13.0 Å². The van der Waals surface area contributed by atoms with E-state index in [9.17, 15) is 8.42 Å². The summed E-state index contributed by atoms with van der Waals surface area (Å²) in [5.41, 5.74) is 7.94. The molecule has 0 aliphatic rings. The van der Waals surface area contributed by atoms with Gasteiger partial charge < -0.3 is 5.73 Å². The van der Waals surface area contributed by atoms with E-state index in [1.165, 1.54) is 15.6 Å². The first kappa shape index (κ1) is 14.9. The van der Waals surface area contributed by atoms with Gasteiger partial charge in [-0.3, -0.25) is 4.31 Å². The fraction of sp³-hybridized carbons (Fsp3) is 0.286. The monoisotopic (exact) mass is 310 g/mol. The zero-order chi connectivity index (χ0) is 14.9. The Bertz CT molecular complexity index is 721. The summed E-state index contributed by atoms with van der Waals surface area (Å²) in [5.74, 6) is 0. The second-order valence-electron chi connectivity index (χ2n) is 4.59. The third-order valence-electron chi connectivity index (χ3n) is 3.23. The minimum atomic E-state index is -3.51. The first-order valence-corrected chi connectivity index (χ1v) is 8.55. The standard InChI is InChI=1S/C14H18N2O2S2/c1-4-12-7-8-14(19-12)20(17,18)16(3)11-6-5-10(2)13(15)9-11/h5-9H,4,15H2,1-3H3. The number of rotatable bonds is 4. The Balaban J connectivity index is 2.40. The van der Waals surface area contributed by atoms with Gasteiger partial charge in [0.2, 0.25) is 0 Å². The van der Waals surface area contributed by atoms with Crippen LogP contribution < -0.4 is 10.0 Å². The van der Waals surface area contributed by atoms with Crippen molar-refractivity contribution < 1.29 is 8.42 Å². The molecule has 0 saturated heterocycles. The van der Waals surface area contributed by atoms with Crippen molar-refractivity contribution in [1.29, 1.82) is 0 Å². The van der Waals surface area contributed by atoms with Crippen molar-refractivity contribution in [2.75, 3.05) is 17.1 Å². The van der Waals surface area contributed by atoms with E-state index < -0.39 is 10.0 Å². The molecule has 0 saturated carbocycles. The minimum absolute atomic E-state index is 0.357. The molecule has 2 rings (SSSR count). The van der Waals surface area contributed by atoms with E-state index in [1.54, 1.807) is 25.2 Å². The quantitative estimate of drug-likeness (QED) is 0.883. The van der Waals surface area contributed by atoms with Crippen LogP contribution in [0.4, 0.5) is 11.4 Å². The van der Waals surface area contributed by atoms with Crippen LogP contribution >= 0.6 is 11.3 Å².